The summed E-state index contributed by atoms with van der Waals surface area (Å²) in [6, 6.07) is 17.0. The van der Waals surface area contributed by atoms with E-state index in [1.165, 1.54) is 27.5 Å². The second kappa shape index (κ2) is 11.1. The Balaban J connectivity index is 1.64. The van der Waals surface area contributed by atoms with Crippen molar-refractivity contribution in [1.82, 2.24) is 5.43 Å². The van der Waals surface area contributed by atoms with Gasteiger partial charge in [-0.05, 0) is 64.5 Å². The Bertz CT molecular complexity index is 1150. The van der Waals surface area contributed by atoms with Crippen LogP contribution in [0.2, 0.25) is 0 Å². The molecule has 0 spiro atoms. The standard InChI is InChI=1S/C24H22BrN3O5/c1-31-20-12-15(13-21(32-2)22(20)33-3)14-26-28-23(29)16-8-10-17(11-9-16)27-24(30)18-6-4-5-7-19(18)25/h4-14H,1-3H3,(H,27,30)(H,28,29). The van der Waals surface area contributed by atoms with Crippen molar-refractivity contribution in [1.29, 1.82) is 0 Å². The second-order valence-corrected chi connectivity index (χ2v) is 7.52. The van der Waals surface area contributed by atoms with Crippen molar-refractivity contribution >= 4 is 39.6 Å². The Morgan fingerprint density at radius 2 is 1.52 bits per heavy atom. The highest BCUT2D eigenvalue weighted by atomic mass is 79.9. The highest BCUT2D eigenvalue weighted by Gasteiger charge is 2.13. The van der Waals surface area contributed by atoms with E-state index in [0.717, 1.165) is 0 Å². The number of hydrogen-bond acceptors (Lipinski definition) is 6. The van der Waals surface area contributed by atoms with Crippen LogP contribution in [-0.4, -0.2) is 39.4 Å². The lowest BCUT2D eigenvalue weighted by Gasteiger charge is -2.12. The van der Waals surface area contributed by atoms with Crippen LogP contribution in [0, 0.1) is 0 Å². The third-order valence-corrected chi connectivity index (χ3v) is 5.28. The molecule has 0 bridgehead atoms. The Hall–Kier alpha value is -3.85. The van der Waals surface area contributed by atoms with Crippen molar-refractivity contribution in [3.63, 3.8) is 0 Å². The minimum Gasteiger partial charge on any atom is -0.493 e. The number of hydrogen-bond donors (Lipinski definition) is 2. The lowest BCUT2D eigenvalue weighted by atomic mass is 10.1. The maximum Gasteiger partial charge on any atom is 0.271 e. The molecule has 33 heavy (non-hydrogen) atoms. The topological polar surface area (TPSA) is 98.2 Å². The number of hydrazone groups is 1. The highest BCUT2D eigenvalue weighted by Crippen LogP contribution is 2.37. The van der Waals surface area contributed by atoms with E-state index in [-0.39, 0.29) is 5.91 Å². The molecule has 0 aromatic heterocycles. The number of rotatable bonds is 8. The summed E-state index contributed by atoms with van der Waals surface area (Å²) in [5.41, 5.74) is 4.58. The summed E-state index contributed by atoms with van der Waals surface area (Å²) in [7, 11) is 4.56. The first-order chi connectivity index (χ1) is 16.0. The Labute approximate surface area is 199 Å². The van der Waals surface area contributed by atoms with Gasteiger partial charge in [0.05, 0.1) is 33.1 Å². The molecule has 0 aliphatic rings. The summed E-state index contributed by atoms with van der Waals surface area (Å²) >= 11 is 3.36. The zero-order valence-electron chi connectivity index (χ0n) is 18.2. The molecule has 170 valence electrons. The first kappa shape index (κ1) is 23.8. The van der Waals surface area contributed by atoms with E-state index in [1.54, 1.807) is 54.6 Å². The molecule has 0 fully saturated rings. The molecule has 0 unspecified atom stereocenters. The minimum atomic E-state index is -0.401. The summed E-state index contributed by atoms with van der Waals surface area (Å²) < 4.78 is 16.6. The van der Waals surface area contributed by atoms with E-state index in [4.69, 9.17) is 14.2 Å². The SMILES string of the molecule is COc1cc(C=NNC(=O)c2ccc(NC(=O)c3ccccc3Br)cc2)cc(OC)c1OC. The minimum absolute atomic E-state index is 0.255. The van der Waals surface area contributed by atoms with Gasteiger partial charge in [-0.2, -0.15) is 5.10 Å². The van der Waals surface area contributed by atoms with Gasteiger partial charge in [0.15, 0.2) is 11.5 Å². The molecule has 0 heterocycles. The number of methoxy groups -OCH3 is 3. The Morgan fingerprint density at radius 1 is 0.879 bits per heavy atom. The van der Waals surface area contributed by atoms with Crippen molar-refractivity contribution in [2.45, 2.75) is 0 Å². The Morgan fingerprint density at radius 3 is 2.09 bits per heavy atom. The number of ether oxygens (including phenoxy) is 3. The predicted octanol–water partition coefficient (Wildman–Crippen LogP) is 4.49. The van der Waals surface area contributed by atoms with Crippen LogP contribution in [0.5, 0.6) is 17.2 Å². The maximum absolute atomic E-state index is 12.4. The summed E-state index contributed by atoms with van der Waals surface area (Å²) in [4.78, 5) is 24.8. The molecule has 0 radical (unpaired) electrons. The van der Waals surface area contributed by atoms with Crippen LogP contribution in [0.25, 0.3) is 0 Å². The van der Waals surface area contributed by atoms with Gasteiger partial charge >= 0.3 is 0 Å². The van der Waals surface area contributed by atoms with Gasteiger partial charge in [-0.3, -0.25) is 9.59 Å². The molecule has 0 saturated carbocycles. The van der Waals surface area contributed by atoms with Gasteiger partial charge in [0.25, 0.3) is 11.8 Å². The zero-order chi connectivity index (χ0) is 23.8. The molecular weight excluding hydrogens is 490 g/mol. The Kier molecular flexibility index (Phi) is 8.04. The van der Waals surface area contributed by atoms with Crippen molar-refractivity contribution < 1.29 is 23.8 Å². The van der Waals surface area contributed by atoms with Crippen LogP contribution in [0.4, 0.5) is 5.69 Å². The average molecular weight is 512 g/mol. The van der Waals surface area contributed by atoms with E-state index in [2.05, 4.69) is 31.8 Å². The first-order valence-corrected chi connectivity index (χ1v) is 10.6. The van der Waals surface area contributed by atoms with Gasteiger partial charge < -0.3 is 19.5 Å². The van der Waals surface area contributed by atoms with Gasteiger partial charge in [-0.1, -0.05) is 12.1 Å². The number of anilines is 1. The molecule has 2 N–H and O–H groups in total. The first-order valence-electron chi connectivity index (χ1n) is 9.76. The van der Waals surface area contributed by atoms with Crippen molar-refractivity contribution in [3.8, 4) is 17.2 Å². The average Bonchev–Trinajstić information content (AvgIpc) is 2.83. The van der Waals surface area contributed by atoms with Crippen LogP contribution in [0.3, 0.4) is 0 Å². The number of carbonyl (C=O) groups is 2. The molecule has 9 heteroatoms. The van der Waals surface area contributed by atoms with Gasteiger partial charge in [-0.25, -0.2) is 5.43 Å². The summed E-state index contributed by atoms with van der Waals surface area (Å²) in [5, 5.41) is 6.79. The number of amides is 2. The van der Waals surface area contributed by atoms with Gasteiger partial charge in [0.2, 0.25) is 5.75 Å². The molecular formula is C24H22BrN3O5. The number of nitrogens with zero attached hydrogens (tertiary/aromatic N) is 1. The predicted molar refractivity (Wildman–Crippen MR) is 130 cm³/mol. The van der Waals surface area contributed by atoms with E-state index < -0.39 is 5.91 Å². The third-order valence-electron chi connectivity index (χ3n) is 4.59. The van der Waals surface area contributed by atoms with Gasteiger partial charge in [-0.15, -0.1) is 0 Å². The van der Waals surface area contributed by atoms with E-state index in [9.17, 15) is 9.59 Å². The van der Waals surface area contributed by atoms with E-state index >= 15 is 0 Å². The van der Waals surface area contributed by atoms with Crippen LogP contribution in [0.1, 0.15) is 26.3 Å². The number of halogens is 1. The van der Waals surface area contributed by atoms with E-state index in [0.29, 0.717) is 44.1 Å². The quantitative estimate of drug-likeness (QED) is 0.343. The van der Waals surface area contributed by atoms with Gasteiger partial charge in [0.1, 0.15) is 0 Å². The smallest absolute Gasteiger partial charge is 0.271 e. The molecule has 0 atom stereocenters. The molecule has 3 aromatic carbocycles. The fraction of sp³-hybridized carbons (Fsp3) is 0.125. The van der Waals surface area contributed by atoms with Crippen molar-refractivity contribution in [3.05, 3.63) is 81.8 Å². The van der Waals surface area contributed by atoms with E-state index in [1.807, 2.05) is 6.07 Å². The summed E-state index contributed by atoms with van der Waals surface area (Å²) in [6.07, 6.45) is 1.47. The summed E-state index contributed by atoms with van der Waals surface area (Å²) in [6.45, 7) is 0. The van der Waals surface area contributed by atoms with Crippen molar-refractivity contribution in [2.75, 3.05) is 26.6 Å². The van der Waals surface area contributed by atoms with Crippen LogP contribution in [0.15, 0.2) is 70.2 Å². The number of benzene rings is 3. The largest absolute Gasteiger partial charge is 0.493 e. The van der Waals surface area contributed by atoms with Gasteiger partial charge in [0, 0.05) is 21.3 Å². The third kappa shape index (κ3) is 5.89. The fourth-order valence-electron chi connectivity index (χ4n) is 2.95. The number of carbonyl (C=O) groups excluding carboxylic acids is 2. The molecule has 8 nitrogen and oxygen atoms in total. The molecule has 3 aromatic rings. The lowest BCUT2D eigenvalue weighted by molar-refractivity contribution is 0.0954. The molecule has 3 rings (SSSR count). The normalized spacial score (nSPS) is 10.5. The zero-order valence-corrected chi connectivity index (χ0v) is 19.8. The molecule has 0 aliphatic heterocycles. The maximum atomic E-state index is 12.4. The monoisotopic (exact) mass is 511 g/mol. The second-order valence-electron chi connectivity index (χ2n) is 6.67. The molecule has 2 amide bonds. The summed E-state index contributed by atoms with van der Waals surface area (Å²) in [5.74, 6) is 0.763. The molecule has 0 saturated heterocycles. The lowest BCUT2D eigenvalue weighted by Crippen LogP contribution is -2.18. The highest BCUT2D eigenvalue weighted by molar-refractivity contribution is 9.10. The van der Waals surface area contributed by atoms with Crippen LogP contribution < -0.4 is 25.0 Å². The number of nitrogens with one attached hydrogen (secondary N) is 2. The van der Waals surface area contributed by atoms with Crippen LogP contribution in [-0.2, 0) is 0 Å². The van der Waals surface area contributed by atoms with Crippen molar-refractivity contribution in [2.24, 2.45) is 5.10 Å². The fourth-order valence-corrected chi connectivity index (χ4v) is 3.42. The van der Waals surface area contributed by atoms with Crippen LogP contribution >= 0.6 is 15.9 Å². The molecule has 0 aliphatic carbocycles.